The molecule has 0 radical (unpaired) electrons. The average Bonchev–Trinajstić information content (AvgIpc) is 1.64. The van der Waals surface area contributed by atoms with Gasteiger partial charge >= 0.3 is 7.12 Å². The van der Waals surface area contributed by atoms with Gasteiger partial charge in [0.15, 0.2) is 0 Å². The summed E-state index contributed by atoms with van der Waals surface area (Å²) < 4.78 is 45.5. The summed E-state index contributed by atoms with van der Waals surface area (Å²) in [4.78, 5) is 0. The summed E-state index contributed by atoms with van der Waals surface area (Å²) >= 11 is 7.09. The zero-order chi connectivity index (χ0) is 67.8. The number of hydrogen-bond acceptors (Lipinski definition) is 9. The van der Waals surface area contributed by atoms with Crippen molar-refractivity contribution in [3.63, 3.8) is 0 Å². The Morgan fingerprint density at radius 2 is 0.398 bits per heavy atom. The van der Waals surface area contributed by atoms with E-state index in [0.717, 1.165) is 196 Å². The average molecular weight is 1460 g/mol. The van der Waals surface area contributed by atoms with Gasteiger partial charge in [-0.15, -0.1) is 0 Å². The Kier molecular flexibility index (Phi) is 14.8. The Morgan fingerprint density at radius 3 is 0.680 bits per heavy atom. The van der Waals surface area contributed by atoms with Gasteiger partial charge in [0, 0.05) is 84.4 Å². The minimum absolute atomic E-state index is 0. The molecule has 0 spiro atoms. The highest BCUT2D eigenvalue weighted by Crippen LogP contribution is 2.46. The van der Waals surface area contributed by atoms with Gasteiger partial charge in [-0.25, -0.2) is 0 Å². The first kappa shape index (κ1) is 61.9. The molecular weight excluding hydrogens is 1410 g/mol. The third-order valence-corrected chi connectivity index (χ3v) is 20.8. The highest BCUT2D eigenvalue weighted by Gasteiger charge is 2.22. The van der Waals surface area contributed by atoms with Gasteiger partial charge in [0.1, 0.15) is 78.2 Å². The number of halogens is 2. The van der Waals surface area contributed by atoms with Gasteiger partial charge in [0.05, 0.1) is 0 Å². The van der Waals surface area contributed by atoms with Crippen LogP contribution in [0.25, 0.3) is 209 Å². The summed E-state index contributed by atoms with van der Waals surface area (Å²) in [5.74, 6) is 0. The van der Waals surface area contributed by atoms with Crippen LogP contribution in [0.2, 0.25) is 0 Å². The monoisotopic (exact) mass is 1460 g/mol. The van der Waals surface area contributed by atoms with Crippen LogP contribution in [0.1, 0.15) is 7.43 Å². The van der Waals surface area contributed by atoms with Crippen LogP contribution in [0.15, 0.2) is 337 Å². The molecule has 0 saturated heterocycles. The number of rotatable bonds is 6. The van der Waals surface area contributed by atoms with Gasteiger partial charge in [-0.05, 0) is 213 Å². The molecule has 0 aliphatic carbocycles. The normalized spacial score (nSPS) is 11.8. The molecule has 7 aromatic heterocycles. The van der Waals surface area contributed by atoms with Crippen molar-refractivity contribution in [3.8, 4) is 55.6 Å². The highest BCUT2D eigenvalue weighted by atomic mass is 79.9. The maximum absolute atomic E-state index is 9.35. The smallest absolute Gasteiger partial charge is 0.456 e. The quantitative estimate of drug-likeness (QED) is 0.156. The summed E-state index contributed by atoms with van der Waals surface area (Å²) in [5.41, 5.74) is 23.7. The van der Waals surface area contributed by atoms with E-state index in [1.165, 1.54) is 22.3 Å². The standard InChI is InChI=1S/C54H30O4.C18H13BO3.C18H8Br2O2.CH4/c1-3-7-31(8-4-1)33-11-17-45-39(25-33)41-27-35(13-19-47(41)55-45)37-15-21-49-43(29-37)53-51(57-49)23-24-52-54(53)44-30-38(16-22-50(44)58-52)36-14-20-48-42(28-36)40-26-34(12-18-46(40)56-48)32-9-5-2-6-10-32;20-19(21)14-7-9-18-16(11-14)15-10-13(6-8-17(15)22-18)12-4-2-1-3-5-12;19-9-1-3-13-11(7-9)17-15(21-13)5-6-16-18(17)12-8-10(20)2-4-14(12)22-16;/h1-30H;1-11,20-21H;1-8H;1H4. The fourth-order valence-corrected chi connectivity index (χ4v) is 15.6. The summed E-state index contributed by atoms with van der Waals surface area (Å²) in [6.45, 7) is 0. The van der Waals surface area contributed by atoms with E-state index < -0.39 is 7.12 Å². The highest BCUT2D eigenvalue weighted by molar-refractivity contribution is 9.10. The first-order valence-electron chi connectivity index (χ1n) is 33.5. The third kappa shape index (κ3) is 10.6. The number of fused-ring (bicyclic) bond motifs is 23. The Labute approximate surface area is 604 Å². The number of furan rings is 7. The maximum atomic E-state index is 9.35. The Morgan fingerprint density at radius 1 is 0.194 bits per heavy atom. The molecule has 0 aliphatic heterocycles. The van der Waals surface area contributed by atoms with Crippen LogP contribution < -0.4 is 5.46 Å². The predicted molar refractivity (Wildman–Crippen MR) is 429 cm³/mol. The molecule has 2 N–H and O–H groups in total. The molecule has 12 heteroatoms. The van der Waals surface area contributed by atoms with E-state index in [-0.39, 0.29) is 7.43 Å². The molecule has 7 heterocycles. The minimum Gasteiger partial charge on any atom is -0.456 e. The van der Waals surface area contributed by atoms with Crippen LogP contribution in [0.4, 0.5) is 0 Å². The van der Waals surface area contributed by atoms with Crippen molar-refractivity contribution >= 4 is 198 Å². The molecule has 15 aromatic carbocycles. The summed E-state index contributed by atoms with van der Waals surface area (Å²) in [5, 5.41) is 33.6. The lowest BCUT2D eigenvalue weighted by molar-refractivity contribution is 0.426. The van der Waals surface area contributed by atoms with E-state index >= 15 is 0 Å². The second kappa shape index (κ2) is 24.6. The molecule has 0 amide bonds. The molecule has 0 aliphatic rings. The lowest BCUT2D eigenvalue weighted by atomic mass is 9.80. The third-order valence-electron chi connectivity index (χ3n) is 19.8. The van der Waals surface area contributed by atoms with Gasteiger partial charge in [0.2, 0.25) is 0 Å². The van der Waals surface area contributed by atoms with Crippen molar-refractivity contribution in [2.24, 2.45) is 0 Å². The Hall–Kier alpha value is -12.2. The van der Waals surface area contributed by atoms with Crippen molar-refractivity contribution in [1.29, 1.82) is 0 Å². The number of benzene rings is 15. The molecule has 103 heavy (non-hydrogen) atoms. The maximum Gasteiger partial charge on any atom is 0.488 e. The molecular formula is C91H55BBr2O9. The molecule has 22 aromatic rings. The van der Waals surface area contributed by atoms with Crippen LogP contribution >= 0.6 is 31.9 Å². The van der Waals surface area contributed by atoms with Crippen molar-refractivity contribution in [2.45, 2.75) is 7.43 Å². The van der Waals surface area contributed by atoms with E-state index in [0.29, 0.717) is 5.46 Å². The molecule has 22 rings (SSSR count). The van der Waals surface area contributed by atoms with Crippen LogP contribution in [0.5, 0.6) is 0 Å². The summed E-state index contributed by atoms with van der Waals surface area (Å²) in [6.07, 6.45) is 0. The van der Waals surface area contributed by atoms with Crippen LogP contribution in [0, 0.1) is 0 Å². The first-order chi connectivity index (χ1) is 50.1. The fraction of sp³-hybridized carbons (Fsp3) is 0.0110. The summed E-state index contributed by atoms with van der Waals surface area (Å²) in [6, 6.07) is 101. The zero-order valence-electron chi connectivity index (χ0n) is 53.9. The molecule has 490 valence electrons. The van der Waals surface area contributed by atoms with Gasteiger partial charge in [-0.2, -0.15) is 0 Å². The van der Waals surface area contributed by atoms with E-state index in [9.17, 15) is 10.0 Å². The van der Waals surface area contributed by atoms with E-state index in [1.54, 1.807) is 18.2 Å². The van der Waals surface area contributed by atoms with Crippen molar-refractivity contribution in [3.05, 3.63) is 306 Å². The van der Waals surface area contributed by atoms with Crippen molar-refractivity contribution in [1.82, 2.24) is 0 Å². The van der Waals surface area contributed by atoms with Gasteiger partial charge in [-0.1, -0.05) is 185 Å². The lowest BCUT2D eigenvalue weighted by Gasteiger charge is -2.04. The molecule has 0 unspecified atom stereocenters. The fourth-order valence-electron chi connectivity index (χ4n) is 14.9. The largest absolute Gasteiger partial charge is 0.488 e. The van der Waals surface area contributed by atoms with Gasteiger partial charge in [-0.3, -0.25) is 0 Å². The lowest BCUT2D eigenvalue weighted by Crippen LogP contribution is -2.29. The van der Waals surface area contributed by atoms with Crippen molar-refractivity contribution in [2.75, 3.05) is 0 Å². The molecule has 0 atom stereocenters. The topological polar surface area (TPSA) is 132 Å². The van der Waals surface area contributed by atoms with E-state index in [1.807, 2.05) is 91.0 Å². The second-order valence-electron chi connectivity index (χ2n) is 25.8. The predicted octanol–water partition coefficient (Wildman–Crippen LogP) is 26.5. The van der Waals surface area contributed by atoms with Crippen LogP contribution in [-0.2, 0) is 0 Å². The van der Waals surface area contributed by atoms with E-state index in [4.69, 9.17) is 30.9 Å². The summed E-state index contributed by atoms with van der Waals surface area (Å²) in [7, 11) is -1.48. The Bertz CT molecular complexity index is 6790. The first-order valence-corrected chi connectivity index (χ1v) is 35.1. The van der Waals surface area contributed by atoms with Crippen molar-refractivity contribution < 1.29 is 41.0 Å². The molecule has 0 saturated carbocycles. The second-order valence-corrected chi connectivity index (χ2v) is 27.7. The zero-order valence-corrected chi connectivity index (χ0v) is 57.0. The number of hydrogen-bond donors (Lipinski definition) is 2. The molecule has 9 nitrogen and oxygen atoms in total. The van der Waals surface area contributed by atoms with E-state index in [2.05, 4.69) is 220 Å². The SMILES string of the molecule is Brc1ccc2oc3ccc4oc5ccc(Br)cc5c4c3c2c1.C.OB(O)c1ccc2oc3ccc(-c4ccccc4)cc3c2c1.c1ccc(-c2ccc3oc4ccc(-c5ccc6oc7ccc8oc9ccc(-c%10ccc%11oc%12ccc(-c%13ccccc%13)cc%12c%11c%10)cc9c8c7c6c5)cc4c3c2)cc1. The Balaban J connectivity index is 0.000000132. The molecule has 0 fully saturated rings. The van der Waals surface area contributed by atoms with Crippen LogP contribution in [0.3, 0.4) is 0 Å². The van der Waals surface area contributed by atoms with Gasteiger partial charge in [0.25, 0.3) is 0 Å². The molecule has 0 bridgehead atoms. The van der Waals surface area contributed by atoms with Gasteiger partial charge < -0.3 is 41.0 Å². The minimum atomic E-state index is -1.48. The van der Waals surface area contributed by atoms with Crippen LogP contribution in [-0.4, -0.2) is 17.2 Å².